The molecule has 3 aromatic carbocycles. The van der Waals surface area contributed by atoms with E-state index < -0.39 is 23.5 Å². The van der Waals surface area contributed by atoms with Crippen LogP contribution in [-0.2, 0) is 4.79 Å². The molecule has 1 amide bonds. The number of fused-ring (bicyclic) bond motifs is 1. The van der Waals surface area contributed by atoms with Crippen molar-refractivity contribution in [1.82, 2.24) is 9.78 Å². The van der Waals surface area contributed by atoms with Crippen molar-refractivity contribution in [2.45, 2.75) is 13.0 Å². The minimum Gasteiger partial charge on any atom is -0.476 e. The minimum atomic E-state index is -1.28. The molecular weight excluding hydrogens is 394 g/mol. The number of hydrogen-bond acceptors (Lipinski definition) is 4. The first-order valence-electron chi connectivity index (χ1n) is 9.63. The van der Waals surface area contributed by atoms with Crippen molar-refractivity contribution in [3.8, 4) is 0 Å². The van der Waals surface area contributed by atoms with Gasteiger partial charge in [0.1, 0.15) is 0 Å². The van der Waals surface area contributed by atoms with Gasteiger partial charge in [-0.1, -0.05) is 66.2 Å². The summed E-state index contributed by atoms with van der Waals surface area (Å²) in [6.07, 6.45) is 0. The highest BCUT2D eigenvalue weighted by Gasteiger charge is 2.28. The zero-order valence-electron chi connectivity index (χ0n) is 16.6. The summed E-state index contributed by atoms with van der Waals surface area (Å²) in [5.74, 6) is -1.79. The van der Waals surface area contributed by atoms with Gasteiger partial charge in [0.15, 0.2) is 11.7 Å². The first kappa shape index (κ1) is 20.0. The molecule has 1 atom stereocenters. The van der Waals surface area contributed by atoms with E-state index in [2.05, 4.69) is 10.4 Å². The summed E-state index contributed by atoms with van der Waals surface area (Å²) in [7, 11) is 0. The Balaban J connectivity index is 1.90. The highest BCUT2D eigenvalue weighted by Crippen LogP contribution is 2.22. The number of anilines is 1. The molecule has 0 saturated heterocycles. The molecule has 0 saturated carbocycles. The third-order valence-electron chi connectivity index (χ3n) is 4.96. The fourth-order valence-electron chi connectivity index (χ4n) is 3.43. The highest BCUT2D eigenvalue weighted by atomic mass is 16.4. The molecule has 0 aliphatic carbocycles. The summed E-state index contributed by atoms with van der Waals surface area (Å²) in [6.45, 7) is 1.93. The van der Waals surface area contributed by atoms with Crippen LogP contribution in [0.3, 0.4) is 0 Å². The SMILES string of the molecule is Cc1ccc(NC(=O)[C@H](c2ccccc2)n2nc(C(=O)O)c3ccccc3c2=O)cc1. The van der Waals surface area contributed by atoms with Crippen molar-refractivity contribution in [1.29, 1.82) is 0 Å². The highest BCUT2D eigenvalue weighted by molar-refractivity contribution is 6.01. The number of carboxylic acids is 1. The number of hydrogen-bond donors (Lipinski definition) is 2. The Morgan fingerprint density at radius 3 is 2.16 bits per heavy atom. The Kier molecular flexibility index (Phi) is 5.32. The van der Waals surface area contributed by atoms with Crippen LogP contribution >= 0.6 is 0 Å². The van der Waals surface area contributed by atoms with Crippen LogP contribution in [0.25, 0.3) is 10.8 Å². The predicted molar refractivity (Wildman–Crippen MR) is 117 cm³/mol. The summed E-state index contributed by atoms with van der Waals surface area (Å²) in [5, 5.41) is 17.0. The van der Waals surface area contributed by atoms with Crippen LogP contribution in [-0.4, -0.2) is 26.8 Å². The molecule has 0 radical (unpaired) electrons. The molecule has 7 nitrogen and oxygen atoms in total. The van der Waals surface area contributed by atoms with Crippen LogP contribution in [0.15, 0.2) is 83.7 Å². The molecule has 0 spiro atoms. The molecule has 4 aromatic rings. The topological polar surface area (TPSA) is 101 Å². The third-order valence-corrected chi connectivity index (χ3v) is 4.96. The van der Waals surface area contributed by atoms with Crippen LogP contribution in [0.2, 0.25) is 0 Å². The number of nitrogens with zero attached hydrogens (tertiary/aromatic N) is 2. The first-order valence-corrected chi connectivity index (χ1v) is 9.63. The number of amides is 1. The van der Waals surface area contributed by atoms with Gasteiger partial charge in [0, 0.05) is 11.1 Å². The van der Waals surface area contributed by atoms with Gasteiger partial charge in [-0.05, 0) is 30.7 Å². The van der Waals surface area contributed by atoms with Gasteiger partial charge in [0.2, 0.25) is 0 Å². The zero-order valence-corrected chi connectivity index (χ0v) is 16.6. The van der Waals surface area contributed by atoms with Crippen molar-refractivity contribution in [2.24, 2.45) is 0 Å². The van der Waals surface area contributed by atoms with Crippen LogP contribution in [0, 0.1) is 6.92 Å². The van der Waals surface area contributed by atoms with Gasteiger partial charge in [0.25, 0.3) is 11.5 Å². The quantitative estimate of drug-likeness (QED) is 0.520. The molecule has 0 aliphatic heterocycles. The smallest absolute Gasteiger partial charge is 0.357 e. The number of carbonyl (C=O) groups excluding carboxylic acids is 1. The van der Waals surface area contributed by atoms with Crippen molar-refractivity contribution in [2.75, 3.05) is 5.32 Å². The number of carboxylic acid groups (broad SMARTS) is 1. The average molecular weight is 413 g/mol. The van der Waals surface area contributed by atoms with E-state index in [1.165, 1.54) is 12.1 Å². The second-order valence-corrected chi connectivity index (χ2v) is 7.12. The maximum atomic E-state index is 13.3. The van der Waals surface area contributed by atoms with E-state index in [4.69, 9.17) is 0 Å². The number of nitrogens with one attached hydrogen (secondary N) is 1. The maximum Gasteiger partial charge on any atom is 0.357 e. The molecule has 1 heterocycles. The lowest BCUT2D eigenvalue weighted by molar-refractivity contribution is -0.118. The Morgan fingerprint density at radius 2 is 1.52 bits per heavy atom. The van der Waals surface area contributed by atoms with Crippen LogP contribution in [0.5, 0.6) is 0 Å². The zero-order chi connectivity index (χ0) is 22.0. The van der Waals surface area contributed by atoms with Crippen LogP contribution < -0.4 is 10.9 Å². The fourth-order valence-corrected chi connectivity index (χ4v) is 3.43. The molecule has 0 fully saturated rings. The summed E-state index contributed by atoms with van der Waals surface area (Å²) < 4.78 is 0.949. The van der Waals surface area contributed by atoms with Crippen LogP contribution in [0.4, 0.5) is 5.69 Å². The maximum absolute atomic E-state index is 13.3. The van der Waals surface area contributed by atoms with E-state index >= 15 is 0 Å². The molecule has 0 unspecified atom stereocenters. The molecule has 2 N–H and O–H groups in total. The van der Waals surface area contributed by atoms with Gasteiger partial charge >= 0.3 is 5.97 Å². The van der Waals surface area contributed by atoms with Crippen molar-refractivity contribution >= 4 is 28.3 Å². The lowest BCUT2D eigenvalue weighted by Gasteiger charge is -2.20. The van der Waals surface area contributed by atoms with E-state index in [9.17, 15) is 19.5 Å². The lowest BCUT2D eigenvalue weighted by Crippen LogP contribution is -2.37. The van der Waals surface area contributed by atoms with E-state index in [0.29, 0.717) is 11.3 Å². The minimum absolute atomic E-state index is 0.180. The van der Waals surface area contributed by atoms with E-state index in [1.807, 2.05) is 19.1 Å². The van der Waals surface area contributed by atoms with Crippen LogP contribution in [0.1, 0.15) is 27.7 Å². The average Bonchev–Trinajstić information content (AvgIpc) is 2.78. The van der Waals surface area contributed by atoms with Crippen molar-refractivity contribution < 1.29 is 14.7 Å². The number of aromatic carboxylic acids is 1. The molecule has 0 aliphatic rings. The van der Waals surface area contributed by atoms with Crippen molar-refractivity contribution in [3.63, 3.8) is 0 Å². The summed E-state index contributed by atoms with van der Waals surface area (Å²) in [4.78, 5) is 38.4. The van der Waals surface area contributed by atoms with Gasteiger partial charge in [-0.15, -0.1) is 0 Å². The molecule has 7 heteroatoms. The van der Waals surface area contributed by atoms with Gasteiger partial charge in [-0.2, -0.15) is 5.10 Å². The number of carbonyl (C=O) groups is 2. The summed E-state index contributed by atoms with van der Waals surface area (Å²) >= 11 is 0. The Labute approximate surface area is 177 Å². The van der Waals surface area contributed by atoms with Gasteiger partial charge in [0.05, 0.1) is 5.39 Å². The molecule has 0 bridgehead atoms. The second-order valence-electron chi connectivity index (χ2n) is 7.12. The second kappa shape index (κ2) is 8.23. The number of rotatable bonds is 5. The normalized spacial score (nSPS) is 11.8. The summed E-state index contributed by atoms with van der Waals surface area (Å²) in [5.41, 5.74) is 1.26. The first-order chi connectivity index (χ1) is 15.0. The van der Waals surface area contributed by atoms with E-state index in [0.717, 1.165) is 10.2 Å². The number of benzene rings is 3. The molecular formula is C24H19N3O4. The Bertz CT molecular complexity index is 1330. The molecule has 154 valence electrons. The Morgan fingerprint density at radius 1 is 0.903 bits per heavy atom. The molecule has 1 aromatic heterocycles. The van der Waals surface area contributed by atoms with Gasteiger partial charge in [-0.25, -0.2) is 9.48 Å². The molecule has 4 rings (SSSR count). The van der Waals surface area contributed by atoms with E-state index in [1.54, 1.807) is 54.6 Å². The monoisotopic (exact) mass is 413 g/mol. The van der Waals surface area contributed by atoms with Gasteiger partial charge in [-0.3, -0.25) is 9.59 Å². The van der Waals surface area contributed by atoms with Gasteiger partial charge < -0.3 is 10.4 Å². The lowest BCUT2D eigenvalue weighted by atomic mass is 10.1. The number of aryl methyl sites for hydroxylation is 1. The fraction of sp³-hybridized carbons (Fsp3) is 0.0833. The van der Waals surface area contributed by atoms with E-state index in [-0.39, 0.29) is 16.5 Å². The Hall–Kier alpha value is -4.26. The number of aromatic nitrogens is 2. The largest absolute Gasteiger partial charge is 0.476 e. The summed E-state index contributed by atoms with van der Waals surface area (Å²) in [6, 6.07) is 21.1. The van der Waals surface area contributed by atoms with Crippen molar-refractivity contribution in [3.05, 3.63) is 106 Å². The molecule has 31 heavy (non-hydrogen) atoms. The standard InChI is InChI=1S/C24H19N3O4/c1-15-11-13-17(14-12-15)25-22(28)21(16-7-3-2-4-8-16)27-23(29)19-10-6-5-9-18(19)20(26-27)24(30)31/h2-14,21H,1H3,(H,25,28)(H,30,31)/t21-/m0/s1. The third kappa shape index (κ3) is 3.93. The predicted octanol–water partition coefficient (Wildman–Crippen LogP) is 3.63.